The third kappa shape index (κ3) is 11.2. The Balaban J connectivity index is 0.00000576. The fourth-order valence-corrected chi connectivity index (χ4v) is 2.07. The monoisotopic (exact) mass is 464 g/mol. The minimum atomic E-state index is 0. The summed E-state index contributed by atoms with van der Waals surface area (Å²) >= 11 is 0. The predicted molar refractivity (Wildman–Crippen MR) is 116 cm³/mol. The molecule has 0 fully saturated rings. The lowest BCUT2D eigenvalue weighted by Crippen LogP contribution is -2.38. The number of anilines is 1. The molecule has 1 aromatic rings. The Kier molecular flexibility index (Phi) is 14.6. The Bertz CT molecular complexity index is 484. The van der Waals surface area contributed by atoms with Crippen molar-refractivity contribution in [3.8, 4) is 0 Å². The number of ether oxygens (including phenoxy) is 2. The summed E-state index contributed by atoms with van der Waals surface area (Å²) in [6.45, 7) is 6.40. The van der Waals surface area contributed by atoms with Crippen LogP contribution in [0.4, 0.5) is 5.69 Å². The van der Waals surface area contributed by atoms with E-state index >= 15 is 0 Å². The summed E-state index contributed by atoms with van der Waals surface area (Å²) in [6, 6.07) is 8.43. The van der Waals surface area contributed by atoms with E-state index in [4.69, 9.17) is 9.47 Å². The number of halogens is 1. The van der Waals surface area contributed by atoms with Gasteiger partial charge in [-0.25, -0.2) is 4.99 Å². The van der Waals surface area contributed by atoms with E-state index in [1.54, 1.807) is 7.11 Å². The van der Waals surface area contributed by atoms with Crippen molar-refractivity contribution < 1.29 is 9.47 Å². The summed E-state index contributed by atoms with van der Waals surface area (Å²) in [6.07, 6.45) is 0.935. The van der Waals surface area contributed by atoms with Crippen molar-refractivity contribution in [3.63, 3.8) is 0 Å². The molecule has 0 aliphatic carbocycles. The molecule has 2 N–H and O–H groups in total. The van der Waals surface area contributed by atoms with Crippen molar-refractivity contribution in [1.29, 1.82) is 0 Å². The van der Waals surface area contributed by atoms with E-state index in [9.17, 15) is 0 Å². The molecule has 7 heteroatoms. The molecule has 144 valence electrons. The zero-order chi connectivity index (χ0) is 17.6. The lowest BCUT2D eigenvalue weighted by Gasteiger charge is -2.14. The van der Waals surface area contributed by atoms with Gasteiger partial charge in [0, 0.05) is 46.6 Å². The van der Waals surface area contributed by atoms with Gasteiger partial charge in [-0.15, -0.1) is 24.0 Å². The van der Waals surface area contributed by atoms with Gasteiger partial charge in [-0.3, -0.25) is 0 Å². The minimum absolute atomic E-state index is 0. The molecule has 0 bridgehead atoms. The van der Waals surface area contributed by atoms with Crippen LogP contribution >= 0.6 is 24.0 Å². The number of methoxy groups -OCH3 is 1. The van der Waals surface area contributed by atoms with E-state index in [0.29, 0.717) is 19.8 Å². The molecule has 0 radical (unpaired) electrons. The summed E-state index contributed by atoms with van der Waals surface area (Å²) in [5.74, 6) is 0.838. The quantitative estimate of drug-likeness (QED) is 0.228. The van der Waals surface area contributed by atoms with Crippen LogP contribution in [0, 0.1) is 0 Å². The van der Waals surface area contributed by atoms with Crippen molar-refractivity contribution in [1.82, 2.24) is 10.6 Å². The number of rotatable bonds is 11. The maximum Gasteiger partial charge on any atom is 0.191 e. The van der Waals surface area contributed by atoms with Crippen LogP contribution in [0.15, 0.2) is 29.3 Å². The highest BCUT2D eigenvalue weighted by Gasteiger charge is 2.00. The highest BCUT2D eigenvalue weighted by molar-refractivity contribution is 14.0. The topological polar surface area (TPSA) is 58.1 Å². The standard InChI is InChI=1S/C18H32N4O2.HI/c1-5-19-18(20-10-7-11-24-13-12-23-4)21-15-16-8-6-9-17(14-16)22(2)3;/h6,8-9,14H,5,7,10-13,15H2,1-4H3,(H2,19,20,21);1H. The average Bonchev–Trinajstić information content (AvgIpc) is 2.59. The predicted octanol–water partition coefficient (Wildman–Crippen LogP) is 2.48. The zero-order valence-corrected chi connectivity index (χ0v) is 18.2. The zero-order valence-electron chi connectivity index (χ0n) is 15.9. The molecule has 0 saturated carbocycles. The molecule has 25 heavy (non-hydrogen) atoms. The van der Waals surface area contributed by atoms with Gasteiger partial charge in [-0.1, -0.05) is 12.1 Å². The molecular formula is C18H33IN4O2. The molecule has 0 amide bonds. The average molecular weight is 464 g/mol. The van der Waals surface area contributed by atoms with Crippen molar-refractivity contribution in [2.75, 3.05) is 59.0 Å². The number of hydrogen-bond acceptors (Lipinski definition) is 4. The maximum absolute atomic E-state index is 5.45. The number of guanidine groups is 1. The second-order valence-corrected chi connectivity index (χ2v) is 5.64. The molecule has 0 aromatic heterocycles. The highest BCUT2D eigenvalue weighted by atomic mass is 127. The van der Waals surface area contributed by atoms with Gasteiger partial charge in [0.05, 0.1) is 19.8 Å². The molecule has 0 aliphatic rings. The minimum Gasteiger partial charge on any atom is -0.382 e. The Labute approximate surface area is 169 Å². The molecule has 1 aromatic carbocycles. The number of benzene rings is 1. The van der Waals surface area contributed by atoms with Gasteiger partial charge >= 0.3 is 0 Å². The molecule has 0 saturated heterocycles. The van der Waals surface area contributed by atoms with Crippen LogP contribution in [-0.2, 0) is 16.0 Å². The van der Waals surface area contributed by atoms with Crippen molar-refractivity contribution in [2.45, 2.75) is 19.9 Å². The third-order valence-electron chi connectivity index (χ3n) is 3.38. The van der Waals surface area contributed by atoms with Crippen molar-refractivity contribution in [3.05, 3.63) is 29.8 Å². The first-order valence-corrected chi connectivity index (χ1v) is 8.52. The molecule has 1 rings (SSSR count). The normalized spacial score (nSPS) is 11.0. The highest BCUT2D eigenvalue weighted by Crippen LogP contribution is 2.13. The van der Waals surface area contributed by atoms with Gasteiger partial charge in [0.15, 0.2) is 5.96 Å². The molecule has 6 nitrogen and oxygen atoms in total. The number of hydrogen-bond donors (Lipinski definition) is 2. The van der Waals surface area contributed by atoms with Crippen molar-refractivity contribution in [2.24, 2.45) is 4.99 Å². The smallest absolute Gasteiger partial charge is 0.191 e. The van der Waals surface area contributed by atoms with Crippen LogP contribution in [0.3, 0.4) is 0 Å². The van der Waals surface area contributed by atoms with E-state index in [-0.39, 0.29) is 24.0 Å². The van der Waals surface area contributed by atoms with Crippen LogP contribution in [0.1, 0.15) is 18.9 Å². The summed E-state index contributed by atoms with van der Waals surface area (Å²) in [5.41, 5.74) is 2.38. The fraction of sp³-hybridized carbons (Fsp3) is 0.611. The third-order valence-corrected chi connectivity index (χ3v) is 3.38. The SMILES string of the molecule is CCNC(=NCc1cccc(N(C)C)c1)NCCCOCCOC.I. The van der Waals surface area contributed by atoms with Crippen LogP contribution < -0.4 is 15.5 Å². The summed E-state index contributed by atoms with van der Waals surface area (Å²) < 4.78 is 10.4. The largest absolute Gasteiger partial charge is 0.382 e. The van der Waals surface area contributed by atoms with E-state index in [0.717, 1.165) is 32.1 Å². The Hall–Kier alpha value is -1.06. The molecule has 0 aliphatic heterocycles. The fourth-order valence-electron chi connectivity index (χ4n) is 2.07. The maximum atomic E-state index is 5.45. The number of nitrogens with one attached hydrogen (secondary N) is 2. The van der Waals surface area contributed by atoms with Gasteiger partial charge in [-0.2, -0.15) is 0 Å². The van der Waals surface area contributed by atoms with Gasteiger partial charge in [0.25, 0.3) is 0 Å². The number of aliphatic imine (C=N–C) groups is 1. The second-order valence-electron chi connectivity index (χ2n) is 5.64. The van der Waals surface area contributed by atoms with Gasteiger partial charge in [0.2, 0.25) is 0 Å². The molecular weight excluding hydrogens is 431 g/mol. The first kappa shape index (κ1) is 23.9. The van der Waals surface area contributed by atoms with Gasteiger partial charge in [0.1, 0.15) is 0 Å². The van der Waals surface area contributed by atoms with Crippen LogP contribution in [-0.4, -0.2) is 60.1 Å². The molecule has 0 spiro atoms. The van der Waals surface area contributed by atoms with Crippen LogP contribution in [0.25, 0.3) is 0 Å². The van der Waals surface area contributed by atoms with Crippen LogP contribution in [0.2, 0.25) is 0 Å². The Morgan fingerprint density at radius 1 is 1.16 bits per heavy atom. The Morgan fingerprint density at radius 3 is 2.64 bits per heavy atom. The molecule has 0 unspecified atom stereocenters. The summed E-state index contributed by atoms with van der Waals surface area (Å²) in [5, 5.41) is 6.61. The van der Waals surface area contributed by atoms with Crippen LogP contribution in [0.5, 0.6) is 0 Å². The molecule has 0 heterocycles. The van der Waals surface area contributed by atoms with E-state index in [2.05, 4.69) is 51.7 Å². The van der Waals surface area contributed by atoms with E-state index in [1.807, 2.05) is 14.1 Å². The lowest BCUT2D eigenvalue weighted by atomic mass is 10.2. The van der Waals surface area contributed by atoms with Gasteiger partial charge < -0.3 is 25.0 Å². The Morgan fingerprint density at radius 2 is 1.96 bits per heavy atom. The first-order valence-electron chi connectivity index (χ1n) is 8.52. The van der Waals surface area contributed by atoms with Crippen molar-refractivity contribution >= 4 is 35.6 Å². The van der Waals surface area contributed by atoms with Gasteiger partial charge in [-0.05, 0) is 31.0 Å². The molecule has 0 atom stereocenters. The second kappa shape index (κ2) is 15.2. The first-order chi connectivity index (χ1) is 11.7. The lowest BCUT2D eigenvalue weighted by molar-refractivity contribution is 0.0698. The van der Waals surface area contributed by atoms with E-state index in [1.165, 1.54) is 11.3 Å². The summed E-state index contributed by atoms with van der Waals surface area (Å²) in [4.78, 5) is 6.74. The number of nitrogens with zero attached hydrogens (tertiary/aromatic N) is 2. The van der Waals surface area contributed by atoms with E-state index < -0.39 is 0 Å². The summed E-state index contributed by atoms with van der Waals surface area (Å²) in [7, 11) is 5.77.